The third-order valence-corrected chi connectivity index (χ3v) is 3.30. The van der Waals surface area contributed by atoms with E-state index in [1.807, 2.05) is 31.2 Å². The Labute approximate surface area is 135 Å². The van der Waals surface area contributed by atoms with Crippen LogP contribution < -0.4 is 10.5 Å². The van der Waals surface area contributed by atoms with Gasteiger partial charge in [0.15, 0.2) is 0 Å². The highest BCUT2D eigenvalue weighted by Gasteiger charge is 2.10. The molecule has 0 spiro atoms. The van der Waals surface area contributed by atoms with Crippen LogP contribution in [-0.2, 0) is 4.79 Å². The smallest absolute Gasteiger partial charge is 0.222 e. The maximum absolute atomic E-state index is 11.8. The van der Waals surface area contributed by atoms with Crippen LogP contribution in [0, 0.1) is 0 Å². The average molecular weight is 366 g/mol. The summed E-state index contributed by atoms with van der Waals surface area (Å²) < 4.78 is 6.63. The quantitative estimate of drug-likeness (QED) is 0.770. The van der Waals surface area contributed by atoms with Gasteiger partial charge in [-0.3, -0.25) is 4.79 Å². The van der Waals surface area contributed by atoms with E-state index in [-0.39, 0.29) is 18.3 Å². The normalized spacial score (nSPS) is 9.75. The molecule has 0 radical (unpaired) electrons. The summed E-state index contributed by atoms with van der Waals surface area (Å²) in [6, 6.07) is 7.66. The van der Waals surface area contributed by atoms with Gasteiger partial charge in [-0.1, -0.05) is 15.9 Å². The molecule has 0 saturated carbocycles. The fraction of sp³-hybridized carbons (Fsp3) is 0.500. The molecule has 2 N–H and O–H groups in total. The molecule has 0 aliphatic heterocycles. The third kappa shape index (κ3) is 7.12. The van der Waals surface area contributed by atoms with Gasteiger partial charge in [0, 0.05) is 17.4 Å². The number of likely N-dealkylation sites (N-methyl/N-ethyl adjacent to an activating group) is 1. The first-order valence-corrected chi connectivity index (χ1v) is 7.33. The molecule has 0 bridgehead atoms. The van der Waals surface area contributed by atoms with Crippen LogP contribution in [0.3, 0.4) is 0 Å². The van der Waals surface area contributed by atoms with Gasteiger partial charge in [0.1, 0.15) is 12.4 Å². The van der Waals surface area contributed by atoms with E-state index in [1.165, 1.54) is 0 Å². The van der Waals surface area contributed by atoms with Crippen LogP contribution >= 0.6 is 28.3 Å². The van der Waals surface area contributed by atoms with Gasteiger partial charge in [-0.2, -0.15) is 0 Å². The molecule has 0 aliphatic rings. The van der Waals surface area contributed by atoms with Crippen LogP contribution in [-0.4, -0.2) is 37.0 Å². The molecule has 1 amide bonds. The van der Waals surface area contributed by atoms with Crippen molar-refractivity contribution >= 4 is 34.2 Å². The van der Waals surface area contributed by atoms with E-state index >= 15 is 0 Å². The van der Waals surface area contributed by atoms with Crippen LogP contribution in [0.2, 0.25) is 0 Å². The molecule has 20 heavy (non-hydrogen) atoms. The van der Waals surface area contributed by atoms with Crippen LogP contribution in [0.1, 0.15) is 19.8 Å². The van der Waals surface area contributed by atoms with Crippen molar-refractivity contribution in [2.45, 2.75) is 19.8 Å². The Balaban J connectivity index is 0.00000361. The number of nitrogens with two attached hydrogens (primary N) is 1. The van der Waals surface area contributed by atoms with Crippen molar-refractivity contribution in [1.82, 2.24) is 4.90 Å². The second-order valence-electron chi connectivity index (χ2n) is 4.17. The van der Waals surface area contributed by atoms with E-state index < -0.39 is 0 Å². The maximum atomic E-state index is 11.8. The molecule has 4 nitrogen and oxygen atoms in total. The summed E-state index contributed by atoms with van der Waals surface area (Å²) in [5.41, 5.74) is 5.41. The number of amides is 1. The summed E-state index contributed by atoms with van der Waals surface area (Å²) in [6.07, 6.45) is 1.26. The number of hydrogen-bond acceptors (Lipinski definition) is 3. The number of benzene rings is 1. The zero-order valence-corrected chi connectivity index (χ0v) is 14.1. The lowest BCUT2D eigenvalue weighted by atomic mass is 10.2. The van der Waals surface area contributed by atoms with E-state index in [0.29, 0.717) is 32.7 Å². The molecule has 1 aromatic rings. The van der Waals surface area contributed by atoms with Gasteiger partial charge in [0.05, 0.1) is 6.54 Å². The Morgan fingerprint density at radius 1 is 1.35 bits per heavy atom. The molecule has 1 rings (SSSR count). The van der Waals surface area contributed by atoms with Gasteiger partial charge in [-0.05, 0) is 44.2 Å². The van der Waals surface area contributed by atoms with Crippen LogP contribution in [0.5, 0.6) is 5.75 Å². The summed E-state index contributed by atoms with van der Waals surface area (Å²) in [7, 11) is 0. The highest BCUT2D eigenvalue weighted by molar-refractivity contribution is 9.10. The predicted molar refractivity (Wildman–Crippen MR) is 87.4 cm³/mol. The first kappa shape index (κ1) is 19.2. The Kier molecular flexibility index (Phi) is 10.5. The summed E-state index contributed by atoms with van der Waals surface area (Å²) in [5.74, 6) is 0.959. The maximum Gasteiger partial charge on any atom is 0.222 e. The van der Waals surface area contributed by atoms with Gasteiger partial charge < -0.3 is 15.4 Å². The second-order valence-corrected chi connectivity index (χ2v) is 5.08. The predicted octanol–water partition coefficient (Wildman–Crippen LogP) is 2.84. The minimum absolute atomic E-state index is 0. The molecule has 114 valence electrons. The van der Waals surface area contributed by atoms with Crippen LogP contribution in [0.15, 0.2) is 28.7 Å². The lowest BCUT2D eigenvalue weighted by Crippen LogP contribution is -2.34. The molecule has 0 aromatic heterocycles. The number of carbonyl (C=O) groups is 1. The summed E-state index contributed by atoms with van der Waals surface area (Å²) in [6.45, 7) is 4.34. The standard InChI is InChI=1S/C14H21BrN2O2.ClH/c1-2-17(14(18)4-3-9-16)10-11-19-13-7-5-12(15)6-8-13;/h5-8H,2-4,9-11,16H2,1H3;1H. The number of nitrogens with zero attached hydrogens (tertiary/aromatic N) is 1. The first-order valence-electron chi connectivity index (χ1n) is 6.53. The molecule has 0 aliphatic carbocycles. The van der Waals surface area contributed by atoms with Crippen LogP contribution in [0.4, 0.5) is 0 Å². The monoisotopic (exact) mass is 364 g/mol. The minimum atomic E-state index is 0. The zero-order chi connectivity index (χ0) is 14.1. The molecular weight excluding hydrogens is 344 g/mol. The third-order valence-electron chi connectivity index (χ3n) is 2.77. The molecule has 0 unspecified atom stereocenters. The summed E-state index contributed by atoms with van der Waals surface area (Å²) in [4.78, 5) is 13.6. The fourth-order valence-corrected chi connectivity index (χ4v) is 1.94. The van der Waals surface area contributed by atoms with Gasteiger partial charge in [-0.15, -0.1) is 12.4 Å². The Bertz CT molecular complexity index is 387. The highest BCUT2D eigenvalue weighted by atomic mass is 79.9. The van der Waals surface area contributed by atoms with E-state index in [1.54, 1.807) is 4.90 Å². The Morgan fingerprint density at radius 3 is 2.55 bits per heavy atom. The fourth-order valence-electron chi connectivity index (χ4n) is 1.68. The van der Waals surface area contributed by atoms with Crippen molar-refractivity contribution in [2.75, 3.05) is 26.2 Å². The van der Waals surface area contributed by atoms with Crippen molar-refractivity contribution in [3.8, 4) is 5.75 Å². The van der Waals surface area contributed by atoms with Gasteiger partial charge in [0.2, 0.25) is 5.91 Å². The van der Waals surface area contributed by atoms with E-state index in [4.69, 9.17) is 10.5 Å². The topological polar surface area (TPSA) is 55.6 Å². The van der Waals surface area contributed by atoms with Gasteiger partial charge in [-0.25, -0.2) is 0 Å². The second kappa shape index (κ2) is 10.9. The van der Waals surface area contributed by atoms with Crippen molar-refractivity contribution in [3.63, 3.8) is 0 Å². The molecule has 6 heteroatoms. The van der Waals surface area contributed by atoms with Crippen molar-refractivity contribution < 1.29 is 9.53 Å². The Hall–Kier alpha value is -0.780. The first-order chi connectivity index (χ1) is 9.17. The summed E-state index contributed by atoms with van der Waals surface area (Å²) in [5, 5.41) is 0. The van der Waals surface area contributed by atoms with E-state index in [9.17, 15) is 4.79 Å². The number of halogens is 2. The lowest BCUT2D eigenvalue weighted by Gasteiger charge is -2.21. The van der Waals surface area contributed by atoms with E-state index in [2.05, 4.69) is 15.9 Å². The highest BCUT2D eigenvalue weighted by Crippen LogP contribution is 2.15. The van der Waals surface area contributed by atoms with E-state index in [0.717, 1.165) is 16.6 Å². The van der Waals surface area contributed by atoms with Crippen molar-refractivity contribution in [3.05, 3.63) is 28.7 Å². The van der Waals surface area contributed by atoms with Crippen LogP contribution in [0.25, 0.3) is 0 Å². The van der Waals surface area contributed by atoms with Gasteiger partial charge >= 0.3 is 0 Å². The Morgan fingerprint density at radius 2 is 2.00 bits per heavy atom. The van der Waals surface area contributed by atoms with Crippen molar-refractivity contribution in [1.29, 1.82) is 0 Å². The number of rotatable bonds is 8. The number of carbonyl (C=O) groups excluding carboxylic acids is 1. The van der Waals surface area contributed by atoms with Crippen molar-refractivity contribution in [2.24, 2.45) is 5.73 Å². The molecular formula is C14H22BrClN2O2. The lowest BCUT2D eigenvalue weighted by molar-refractivity contribution is -0.131. The SMILES string of the molecule is CCN(CCOc1ccc(Br)cc1)C(=O)CCCN.Cl. The molecule has 0 heterocycles. The molecule has 0 atom stereocenters. The zero-order valence-electron chi connectivity index (χ0n) is 11.7. The number of ether oxygens (including phenoxy) is 1. The van der Waals surface area contributed by atoms with Gasteiger partial charge in [0.25, 0.3) is 0 Å². The number of hydrogen-bond donors (Lipinski definition) is 1. The molecule has 1 aromatic carbocycles. The molecule has 0 fully saturated rings. The largest absolute Gasteiger partial charge is 0.492 e. The molecule has 0 saturated heterocycles. The average Bonchev–Trinajstić information content (AvgIpc) is 2.43. The summed E-state index contributed by atoms with van der Waals surface area (Å²) >= 11 is 3.37. The minimum Gasteiger partial charge on any atom is -0.492 e.